The van der Waals surface area contributed by atoms with Crippen molar-refractivity contribution in [1.82, 2.24) is 0 Å². The topological polar surface area (TPSA) is 20.3 Å². The molecule has 2 nitrogen and oxygen atoms in total. The third-order valence-electron chi connectivity index (χ3n) is 2.45. The molecular weight excluding hydrogens is 174 g/mol. The van der Waals surface area contributed by atoms with Crippen molar-refractivity contribution in [3.8, 4) is 0 Å². The van der Waals surface area contributed by atoms with Crippen LogP contribution in [0.1, 0.15) is 24.5 Å². The average Bonchev–Trinajstić information content (AvgIpc) is 2.16. The third kappa shape index (κ3) is 1.95. The number of carbonyl (C=O) groups is 1. The van der Waals surface area contributed by atoms with Gasteiger partial charge in [0.1, 0.15) is 0 Å². The van der Waals surface area contributed by atoms with Crippen molar-refractivity contribution < 1.29 is 4.79 Å². The second-order valence-corrected chi connectivity index (χ2v) is 3.55. The van der Waals surface area contributed by atoms with Crippen LogP contribution < -0.4 is 4.90 Å². The van der Waals surface area contributed by atoms with Gasteiger partial charge in [-0.15, -0.1) is 0 Å². The van der Waals surface area contributed by atoms with Crippen LogP contribution in [-0.4, -0.2) is 13.0 Å². The second-order valence-electron chi connectivity index (χ2n) is 3.55. The van der Waals surface area contributed by atoms with Crippen LogP contribution in [0.5, 0.6) is 0 Å². The summed E-state index contributed by atoms with van der Waals surface area (Å²) >= 11 is 0. The summed E-state index contributed by atoms with van der Waals surface area (Å²) in [6, 6.07) is 6.07. The van der Waals surface area contributed by atoms with E-state index in [2.05, 4.69) is 0 Å². The van der Waals surface area contributed by atoms with E-state index in [1.54, 1.807) is 4.90 Å². The van der Waals surface area contributed by atoms with Gasteiger partial charge in [0.2, 0.25) is 5.91 Å². The lowest BCUT2D eigenvalue weighted by molar-refractivity contribution is -0.118. The number of hydrogen-bond donors (Lipinski definition) is 0. The SMILES string of the molecule is CCC(=O)N(C)c1c(C)cccc1C. The molecule has 0 bridgehead atoms. The summed E-state index contributed by atoms with van der Waals surface area (Å²) < 4.78 is 0. The van der Waals surface area contributed by atoms with Crippen LogP contribution in [0.2, 0.25) is 0 Å². The summed E-state index contributed by atoms with van der Waals surface area (Å²) in [5.74, 6) is 0.155. The molecular formula is C12H17NO. The summed E-state index contributed by atoms with van der Waals surface area (Å²) in [5, 5.41) is 0. The molecule has 0 aliphatic rings. The van der Waals surface area contributed by atoms with E-state index >= 15 is 0 Å². The van der Waals surface area contributed by atoms with Crippen LogP contribution in [0.4, 0.5) is 5.69 Å². The lowest BCUT2D eigenvalue weighted by Gasteiger charge is -2.21. The fourth-order valence-electron chi connectivity index (χ4n) is 1.70. The summed E-state index contributed by atoms with van der Waals surface area (Å²) in [6.07, 6.45) is 0.546. The van der Waals surface area contributed by atoms with Gasteiger partial charge >= 0.3 is 0 Å². The molecule has 0 N–H and O–H groups in total. The highest BCUT2D eigenvalue weighted by molar-refractivity contribution is 5.94. The Balaban J connectivity index is 3.11. The van der Waals surface area contributed by atoms with Gasteiger partial charge in [0.05, 0.1) is 0 Å². The van der Waals surface area contributed by atoms with E-state index in [-0.39, 0.29) is 5.91 Å². The molecule has 0 aliphatic carbocycles. The van der Waals surface area contributed by atoms with Crippen LogP contribution in [0.25, 0.3) is 0 Å². The van der Waals surface area contributed by atoms with Crippen LogP contribution in [-0.2, 0) is 4.79 Å². The van der Waals surface area contributed by atoms with Gasteiger partial charge in [-0.3, -0.25) is 4.79 Å². The molecule has 14 heavy (non-hydrogen) atoms. The Kier molecular flexibility index (Phi) is 3.28. The number of para-hydroxylation sites is 1. The first-order valence-electron chi connectivity index (χ1n) is 4.90. The molecule has 0 unspecified atom stereocenters. The number of rotatable bonds is 2. The number of anilines is 1. The summed E-state index contributed by atoms with van der Waals surface area (Å²) in [4.78, 5) is 13.3. The van der Waals surface area contributed by atoms with Gasteiger partial charge < -0.3 is 4.90 Å². The molecule has 1 amide bonds. The lowest BCUT2D eigenvalue weighted by atomic mass is 10.1. The molecule has 1 aromatic rings. The molecule has 0 fully saturated rings. The first kappa shape index (κ1) is 10.8. The molecule has 0 aromatic heterocycles. The molecule has 0 saturated carbocycles. The predicted molar refractivity (Wildman–Crippen MR) is 59.6 cm³/mol. The zero-order chi connectivity index (χ0) is 10.7. The van der Waals surface area contributed by atoms with Crippen molar-refractivity contribution in [2.45, 2.75) is 27.2 Å². The van der Waals surface area contributed by atoms with Crippen LogP contribution in [0.3, 0.4) is 0 Å². The minimum atomic E-state index is 0.155. The van der Waals surface area contributed by atoms with Crippen LogP contribution in [0, 0.1) is 13.8 Å². The highest BCUT2D eigenvalue weighted by Gasteiger charge is 2.12. The summed E-state index contributed by atoms with van der Waals surface area (Å²) in [7, 11) is 1.83. The van der Waals surface area contributed by atoms with Crippen molar-refractivity contribution in [2.75, 3.05) is 11.9 Å². The van der Waals surface area contributed by atoms with E-state index in [1.807, 2.05) is 46.0 Å². The molecule has 2 heteroatoms. The maximum Gasteiger partial charge on any atom is 0.226 e. The highest BCUT2D eigenvalue weighted by atomic mass is 16.2. The Labute approximate surface area is 85.5 Å². The molecule has 76 valence electrons. The zero-order valence-corrected chi connectivity index (χ0v) is 9.29. The smallest absolute Gasteiger partial charge is 0.226 e. The molecule has 1 rings (SSSR count). The Morgan fingerprint density at radius 1 is 1.29 bits per heavy atom. The average molecular weight is 191 g/mol. The summed E-state index contributed by atoms with van der Waals surface area (Å²) in [6.45, 7) is 5.94. The van der Waals surface area contributed by atoms with E-state index in [1.165, 1.54) is 0 Å². The van der Waals surface area contributed by atoms with E-state index in [0.717, 1.165) is 16.8 Å². The minimum Gasteiger partial charge on any atom is -0.315 e. The Bertz CT molecular complexity index is 324. The van der Waals surface area contributed by atoms with Crippen molar-refractivity contribution in [3.63, 3.8) is 0 Å². The maximum absolute atomic E-state index is 11.5. The number of amides is 1. The fraction of sp³-hybridized carbons (Fsp3) is 0.417. The molecule has 0 saturated heterocycles. The fourth-order valence-corrected chi connectivity index (χ4v) is 1.70. The first-order valence-corrected chi connectivity index (χ1v) is 4.90. The molecule has 0 aliphatic heterocycles. The second kappa shape index (κ2) is 4.27. The Hall–Kier alpha value is -1.31. The normalized spacial score (nSPS) is 10.0. The van der Waals surface area contributed by atoms with Crippen LogP contribution in [0.15, 0.2) is 18.2 Å². The highest BCUT2D eigenvalue weighted by Crippen LogP contribution is 2.23. The van der Waals surface area contributed by atoms with Gasteiger partial charge in [0.25, 0.3) is 0 Å². The molecule has 0 spiro atoms. The van der Waals surface area contributed by atoms with Gasteiger partial charge in [-0.25, -0.2) is 0 Å². The number of benzene rings is 1. The molecule has 0 radical (unpaired) electrons. The molecule has 0 atom stereocenters. The van der Waals surface area contributed by atoms with E-state index in [4.69, 9.17) is 0 Å². The van der Waals surface area contributed by atoms with E-state index < -0.39 is 0 Å². The van der Waals surface area contributed by atoms with Crippen molar-refractivity contribution in [2.24, 2.45) is 0 Å². The number of hydrogen-bond acceptors (Lipinski definition) is 1. The standard InChI is InChI=1S/C12H17NO/c1-5-11(14)13(4)12-9(2)7-6-8-10(12)3/h6-8H,5H2,1-4H3. The quantitative estimate of drug-likeness (QED) is 0.703. The number of aryl methyl sites for hydroxylation is 2. The number of carbonyl (C=O) groups excluding carboxylic acids is 1. The first-order chi connectivity index (χ1) is 6.57. The molecule has 0 heterocycles. The molecule has 1 aromatic carbocycles. The minimum absolute atomic E-state index is 0.155. The largest absolute Gasteiger partial charge is 0.315 e. The monoisotopic (exact) mass is 191 g/mol. The van der Waals surface area contributed by atoms with Gasteiger partial charge in [-0.1, -0.05) is 25.1 Å². The zero-order valence-electron chi connectivity index (χ0n) is 9.29. The number of nitrogens with zero attached hydrogens (tertiary/aromatic N) is 1. The van der Waals surface area contributed by atoms with Gasteiger partial charge in [0.15, 0.2) is 0 Å². The Morgan fingerprint density at radius 2 is 1.79 bits per heavy atom. The summed E-state index contributed by atoms with van der Waals surface area (Å²) in [5.41, 5.74) is 3.34. The van der Waals surface area contributed by atoms with Crippen molar-refractivity contribution in [1.29, 1.82) is 0 Å². The Morgan fingerprint density at radius 3 is 2.21 bits per heavy atom. The lowest BCUT2D eigenvalue weighted by Crippen LogP contribution is -2.26. The van der Waals surface area contributed by atoms with Gasteiger partial charge in [-0.05, 0) is 25.0 Å². The third-order valence-corrected chi connectivity index (χ3v) is 2.45. The maximum atomic E-state index is 11.5. The van der Waals surface area contributed by atoms with Crippen molar-refractivity contribution in [3.05, 3.63) is 29.3 Å². The van der Waals surface area contributed by atoms with E-state index in [0.29, 0.717) is 6.42 Å². The van der Waals surface area contributed by atoms with Crippen LogP contribution >= 0.6 is 0 Å². The predicted octanol–water partition coefficient (Wildman–Crippen LogP) is 2.68. The van der Waals surface area contributed by atoms with Gasteiger partial charge in [0, 0.05) is 19.2 Å². The van der Waals surface area contributed by atoms with E-state index in [9.17, 15) is 4.79 Å². The van der Waals surface area contributed by atoms with Crippen molar-refractivity contribution >= 4 is 11.6 Å². The van der Waals surface area contributed by atoms with Gasteiger partial charge in [-0.2, -0.15) is 0 Å².